The molecule has 1 fully saturated rings. The van der Waals surface area contributed by atoms with Gasteiger partial charge in [-0.15, -0.1) is 10.2 Å². The van der Waals surface area contributed by atoms with Crippen LogP contribution in [0.4, 0.5) is 10.2 Å². The summed E-state index contributed by atoms with van der Waals surface area (Å²) in [6.45, 7) is 5.83. The predicted octanol–water partition coefficient (Wildman–Crippen LogP) is 2.21. The molecule has 0 unspecified atom stereocenters. The summed E-state index contributed by atoms with van der Waals surface area (Å²) in [7, 11) is 0. The third-order valence-electron chi connectivity index (χ3n) is 6.19. The first-order valence-electron chi connectivity index (χ1n) is 10.4. The molecule has 0 N–H and O–H groups in total. The van der Waals surface area contributed by atoms with Crippen LogP contribution in [0.15, 0.2) is 36.9 Å². The number of nitrogens with zero attached hydrogens (tertiary/aromatic N) is 9. The average molecular weight is 433 g/mol. The number of aromatic nitrogens is 8. The number of fused-ring (bicyclic) bond motifs is 6. The summed E-state index contributed by atoms with van der Waals surface area (Å²) in [6.07, 6.45) is 7.17. The molecule has 0 spiro atoms. The van der Waals surface area contributed by atoms with E-state index in [2.05, 4.69) is 37.0 Å². The number of hydrogen-bond acceptors (Lipinski definition) is 8. The van der Waals surface area contributed by atoms with Crippen LogP contribution in [-0.4, -0.2) is 59.0 Å². The van der Waals surface area contributed by atoms with Gasteiger partial charge in [0.2, 0.25) is 5.95 Å². The molecule has 0 aromatic carbocycles. The number of halogens is 1. The summed E-state index contributed by atoms with van der Waals surface area (Å²) in [5.74, 6) is 3.00. The van der Waals surface area contributed by atoms with Crippen LogP contribution in [0.25, 0.3) is 23.2 Å². The fraction of sp³-hybridized carbons (Fsp3) is 0.333. The largest absolute Gasteiger partial charge is 0.377 e. The summed E-state index contributed by atoms with van der Waals surface area (Å²) in [5, 5.41) is 8.83. The molecule has 0 radical (unpaired) electrons. The molecule has 11 heteroatoms. The smallest absolute Gasteiger partial charge is 0.237 e. The molecule has 0 saturated carbocycles. The van der Waals surface area contributed by atoms with Crippen LogP contribution >= 0.6 is 0 Å². The van der Waals surface area contributed by atoms with E-state index in [4.69, 9.17) is 9.72 Å². The molecule has 0 bridgehead atoms. The molecule has 1 saturated heterocycles. The Bertz CT molecular complexity index is 1320. The van der Waals surface area contributed by atoms with Gasteiger partial charge in [-0.25, -0.2) is 19.3 Å². The molecule has 32 heavy (non-hydrogen) atoms. The first-order valence-corrected chi connectivity index (χ1v) is 10.4. The maximum atomic E-state index is 13.4. The number of morpholine rings is 1. The van der Waals surface area contributed by atoms with Gasteiger partial charge in [0.15, 0.2) is 17.5 Å². The second-order valence-electron chi connectivity index (χ2n) is 7.86. The van der Waals surface area contributed by atoms with Crippen molar-refractivity contribution in [3.63, 3.8) is 0 Å². The van der Waals surface area contributed by atoms with Crippen LogP contribution in [0, 0.1) is 12.7 Å². The molecule has 6 heterocycles. The SMILES string of the molecule is CC[C@]12COCCN1c1nc(-n3ccnc3-c3ccc(F)cn3)ncc1-n1c(C)nnc12. The zero-order chi connectivity index (χ0) is 21.9. The van der Waals surface area contributed by atoms with Crippen molar-refractivity contribution in [3.05, 3.63) is 54.4 Å². The van der Waals surface area contributed by atoms with Crippen molar-refractivity contribution in [2.24, 2.45) is 0 Å². The average Bonchev–Trinajstić information content (AvgIpc) is 3.47. The maximum Gasteiger partial charge on any atom is 0.237 e. The number of imidazole rings is 1. The van der Waals surface area contributed by atoms with E-state index in [1.807, 2.05) is 11.5 Å². The highest BCUT2D eigenvalue weighted by Gasteiger charge is 2.49. The Kier molecular flexibility index (Phi) is 4.09. The van der Waals surface area contributed by atoms with Gasteiger partial charge in [-0.2, -0.15) is 4.98 Å². The minimum atomic E-state index is -0.450. The highest BCUT2D eigenvalue weighted by Crippen LogP contribution is 2.44. The standard InChI is InChI=1S/C21H20FN9O/c1-3-21-12-32-9-8-30(21)18-16(31-13(2)27-28-19(21)31)11-25-20(26-18)29-7-6-23-17(29)15-5-4-14(22)10-24-15/h4-7,10-11H,3,8-9,12H2,1-2H3/t21-/m1/s1. The number of hydrogen-bond donors (Lipinski definition) is 0. The van der Waals surface area contributed by atoms with Gasteiger partial charge in [0, 0.05) is 18.9 Å². The normalized spacial score (nSPS) is 19.4. The monoisotopic (exact) mass is 433 g/mol. The number of anilines is 1. The second-order valence-corrected chi connectivity index (χ2v) is 7.86. The van der Waals surface area contributed by atoms with Crippen LogP contribution in [0.1, 0.15) is 25.0 Å². The van der Waals surface area contributed by atoms with Crippen molar-refractivity contribution in [2.45, 2.75) is 25.8 Å². The van der Waals surface area contributed by atoms with Gasteiger partial charge >= 0.3 is 0 Å². The maximum absolute atomic E-state index is 13.4. The number of ether oxygens (including phenoxy) is 1. The van der Waals surface area contributed by atoms with Crippen molar-refractivity contribution in [3.8, 4) is 23.2 Å². The Morgan fingerprint density at radius 2 is 2.06 bits per heavy atom. The van der Waals surface area contributed by atoms with Gasteiger partial charge in [0.25, 0.3) is 0 Å². The van der Waals surface area contributed by atoms with Gasteiger partial charge in [-0.1, -0.05) is 6.92 Å². The molecular formula is C21H20FN9O. The van der Waals surface area contributed by atoms with Crippen molar-refractivity contribution in [1.29, 1.82) is 0 Å². The number of aryl methyl sites for hydroxylation is 1. The molecule has 0 amide bonds. The molecule has 10 nitrogen and oxygen atoms in total. The zero-order valence-electron chi connectivity index (χ0n) is 17.6. The molecule has 4 aromatic rings. The third kappa shape index (κ3) is 2.54. The lowest BCUT2D eigenvalue weighted by Crippen LogP contribution is -2.58. The Hall–Kier alpha value is -3.73. The Labute approximate surface area is 182 Å². The number of pyridine rings is 1. The van der Waals surface area contributed by atoms with Crippen LogP contribution in [-0.2, 0) is 10.3 Å². The fourth-order valence-electron chi connectivity index (χ4n) is 4.58. The van der Waals surface area contributed by atoms with Crippen molar-refractivity contribution in [2.75, 3.05) is 24.7 Å². The van der Waals surface area contributed by atoms with E-state index in [0.29, 0.717) is 37.2 Å². The van der Waals surface area contributed by atoms with Crippen LogP contribution in [0.5, 0.6) is 0 Å². The molecule has 6 rings (SSSR count). The molecule has 1 atom stereocenters. The summed E-state index contributed by atoms with van der Waals surface area (Å²) in [5.41, 5.74) is 0.914. The molecule has 2 aliphatic rings. The van der Waals surface area contributed by atoms with E-state index in [-0.39, 0.29) is 0 Å². The van der Waals surface area contributed by atoms with E-state index in [1.165, 1.54) is 12.3 Å². The van der Waals surface area contributed by atoms with E-state index in [0.717, 1.165) is 29.6 Å². The van der Waals surface area contributed by atoms with Crippen LogP contribution in [0.3, 0.4) is 0 Å². The first-order chi connectivity index (χ1) is 15.6. The lowest BCUT2D eigenvalue weighted by atomic mass is 9.90. The highest BCUT2D eigenvalue weighted by atomic mass is 19.1. The minimum Gasteiger partial charge on any atom is -0.377 e. The number of rotatable bonds is 3. The van der Waals surface area contributed by atoms with Crippen molar-refractivity contribution < 1.29 is 9.13 Å². The Morgan fingerprint density at radius 3 is 2.88 bits per heavy atom. The third-order valence-corrected chi connectivity index (χ3v) is 6.19. The fourth-order valence-corrected chi connectivity index (χ4v) is 4.58. The molecule has 162 valence electrons. The molecular weight excluding hydrogens is 413 g/mol. The lowest BCUT2D eigenvalue weighted by Gasteiger charge is -2.49. The van der Waals surface area contributed by atoms with E-state index in [1.54, 1.807) is 29.2 Å². The van der Waals surface area contributed by atoms with Gasteiger partial charge in [-0.3, -0.25) is 9.13 Å². The zero-order valence-corrected chi connectivity index (χ0v) is 17.6. The van der Waals surface area contributed by atoms with Crippen molar-refractivity contribution >= 4 is 5.82 Å². The van der Waals surface area contributed by atoms with Gasteiger partial charge < -0.3 is 9.64 Å². The van der Waals surface area contributed by atoms with Gasteiger partial charge in [0.05, 0.1) is 25.6 Å². The summed E-state index contributed by atoms with van der Waals surface area (Å²) < 4.78 is 23.0. The van der Waals surface area contributed by atoms with E-state index < -0.39 is 11.4 Å². The minimum absolute atomic E-state index is 0.403. The summed E-state index contributed by atoms with van der Waals surface area (Å²) >= 11 is 0. The lowest BCUT2D eigenvalue weighted by molar-refractivity contribution is 0.0390. The second kappa shape index (κ2) is 6.89. The summed E-state index contributed by atoms with van der Waals surface area (Å²) in [6, 6.07) is 2.94. The molecule has 4 aromatic heterocycles. The molecule has 2 aliphatic heterocycles. The van der Waals surface area contributed by atoms with Crippen molar-refractivity contribution in [1.82, 2.24) is 39.3 Å². The predicted molar refractivity (Wildman–Crippen MR) is 112 cm³/mol. The van der Waals surface area contributed by atoms with Crippen LogP contribution < -0.4 is 4.90 Å². The van der Waals surface area contributed by atoms with E-state index >= 15 is 0 Å². The molecule has 0 aliphatic carbocycles. The van der Waals surface area contributed by atoms with Crippen LogP contribution in [0.2, 0.25) is 0 Å². The Morgan fingerprint density at radius 1 is 1.16 bits per heavy atom. The van der Waals surface area contributed by atoms with Gasteiger partial charge in [0.1, 0.15) is 28.6 Å². The quantitative estimate of drug-likeness (QED) is 0.485. The first kappa shape index (κ1) is 19.0. The topological polar surface area (TPSA) is 99.7 Å². The highest BCUT2D eigenvalue weighted by molar-refractivity contribution is 5.65. The van der Waals surface area contributed by atoms with E-state index in [9.17, 15) is 4.39 Å². The Balaban J connectivity index is 1.53. The van der Waals surface area contributed by atoms with Gasteiger partial charge in [-0.05, 0) is 25.5 Å². The summed E-state index contributed by atoms with van der Waals surface area (Å²) in [4.78, 5) is 20.4.